The zero-order chi connectivity index (χ0) is 18.7. The molecule has 0 spiro atoms. The Hall–Kier alpha value is -1.39. The molecule has 0 radical (unpaired) electrons. The second-order valence-electron chi connectivity index (χ2n) is 6.60. The summed E-state index contributed by atoms with van der Waals surface area (Å²) < 4.78 is 15.5. The van der Waals surface area contributed by atoms with Crippen molar-refractivity contribution in [2.24, 2.45) is 0 Å². The number of hydrogen-bond acceptors (Lipinski definition) is 4. The monoisotopic (exact) mass is 364 g/mol. The van der Waals surface area contributed by atoms with Crippen LogP contribution in [0, 0.1) is 0 Å². The molecule has 4 heteroatoms. The number of esters is 1. The Bertz CT molecular complexity index is 420. The van der Waals surface area contributed by atoms with Crippen LogP contribution in [0.5, 0.6) is 0 Å². The van der Waals surface area contributed by atoms with Crippen molar-refractivity contribution >= 4 is 5.97 Å². The maximum atomic E-state index is 11.7. The molecule has 0 aliphatic carbocycles. The Balaban J connectivity index is 1.89. The zero-order valence-corrected chi connectivity index (χ0v) is 16.4. The van der Waals surface area contributed by atoms with Gasteiger partial charge in [-0.1, -0.05) is 56.2 Å². The fourth-order valence-electron chi connectivity index (χ4n) is 2.60. The van der Waals surface area contributed by atoms with Crippen LogP contribution in [0.3, 0.4) is 0 Å². The minimum absolute atomic E-state index is 0.154. The van der Waals surface area contributed by atoms with Crippen LogP contribution in [-0.2, 0) is 19.0 Å². The molecule has 1 saturated heterocycles. The van der Waals surface area contributed by atoms with E-state index in [0.717, 1.165) is 32.1 Å². The Morgan fingerprint density at radius 1 is 0.885 bits per heavy atom. The predicted octanol–water partition coefficient (Wildman–Crippen LogP) is 5.49. The lowest BCUT2D eigenvalue weighted by atomic mass is 10.1. The summed E-state index contributed by atoms with van der Waals surface area (Å²) in [6.45, 7) is 3.41. The minimum Gasteiger partial charge on any atom is -0.457 e. The quantitative estimate of drug-likeness (QED) is 0.232. The van der Waals surface area contributed by atoms with E-state index in [0.29, 0.717) is 26.4 Å². The third-order valence-electron chi connectivity index (χ3n) is 4.09. The summed E-state index contributed by atoms with van der Waals surface area (Å²) in [5, 5.41) is 0. The van der Waals surface area contributed by atoms with Gasteiger partial charge in [0.2, 0.25) is 0 Å². The van der Waals surface area contributed by atoms with E-state index in [4.69, 9.17) is 14.2 Å². The van der Waals surface area contributed by atoms with Crippen LogP contribution in [0.15, 0.2) is 36.5 Å². The van der Waals surface area contributed by atoms with Crippen LogP contribution in [0.25, 0.3) is 0 Å². The first-order chi connectivity index (χ1) is 12.8. The molecule has 0 unspecified atom stereocenters. The predicted molar refractivity (Wildman–Crippen MR) is 106 cm³/mol. The van der Waals surface area contributed by atoms with Crippen molar-refractivity contribution < 1.29 is 19.0 Å². The van der Waals surface area contributed by atoms with Crippen LogP contribution in [0.2, 0.25) is 0 Å². The topological polar surface area (TPSA) is 44.8 Å². The molecule has 1 fully saturated rings. The summed E-state index contributed by atoms with van der Waals surface area (Å²) in [4.78, 5) is 11.7. The summed E-state index contributed by atoms with van der Waals surface area (Å²) in [6, 6.07) is 0. The maximum Gasteiger partial charge on any atom is 0.306 e. The van der Waals surface area contributed by atoms with E-state index < -0.39 is 0 Å². The van der Waals surface area contributed by atoms with Crippen molar-refractivity contribution in [3.8, 4) is 0 Å². The molecule has 26 heavy (non-hydrogen) atoms. The van der Waals surface area contributed by atoms with Gasteiger partial charge in [0, 0.05) is 6.42 Å². The van der Waals surface area contributed by atoms with Crippen LogP contribution in [0.1, 0.15) is 71.1 Å². The third kappa shape index (κ3) is 13.9. The molecule has 148 valence electrons. The number of carbonyl (C=O) groups is 1. The molecule has 1 rings (SSSR count). The Morgan fingerprint density at radius 3 is 2.08 bits per heavy atom. The summed E-state index contributed by atoms with van der Waals surface area (Å²) >= 11 is 0. The van der Waals surface area contributed by atoms with Crippen molar-refractivity contribution in [3.05, 3.63) is 36.5 Å². The largest absolute Gasteiger partial charge is 0.457 e. The fraction of sp³-hybridized carbons (Fsp3) is 0.682. The SMILES string of the molecule is CCCCC/C=C\C/C=C\C/C=C\CCCCC(=O)OC1COCOC1. The highest BCUT2D eigenvalue weighted by atomic mass is 16.7. The average Bonchev–Trinajstić information content (AvgIpc) is 2.65. The first-order valence-corrected chi connectivity index (χ1v) is 10.1. The van der Waals surface area contributed by atoms with Gasteiger partial charge in [0.05, 0.1) is 13.2 Å². The van der Waals surface area contributed by atoms with Crippen LogP contribution >= 0.6 is 0 Å². The van der Waals surface area contributed by atoms with Crippen LogP contribution in [-0.4, -0.2) is 32.1 Å². The molecule has 1 aliphatic heterocycles. The van der Waals surface area contributed by atoms with Crippen molar-refractivity contribution in [3.63, 3.8) is 0 Å². The van der Waals surface area contributed by atoms with E-state index in [1.165, 1.54) is 25.7 Å². The molecule has 0 aromatic heterocycles. The molecule has 0 atom stereocenters. The van der Waals surface area contributed by atoms with E-state index in [-0.39, 0.29) is 12.1 Å². The lowest BCUT2D eigenvalue weighted by Gasteiger charge is -2.22. The smallest absolute Gasteiger partial charge is 0.306 e. The lowest BCUT2D eigenvalue weighted by Crippen LogP contribution is -2.33. The molecule has 1 aliphatic rings. The van der Waals surface area contributed by atoms with Crippen molar-refractivity contribution in [2.45, 2.75) is 77.2 Å². The number of allylic oxidation sites excluding steroid dienone is 6. The standard InChI is InChI=1S/C22H36O4/c1-2-3-4-5-6-7-8-9-10-11-12-13-14-15-16-17-22(23)26-21-18-24-20-25-19-21/h6-7,9-10,12-13,21H,2-5,8,11,14-20H2,1H3/b7-6-,10-9-,13-12-. The molecule has 0 saturated carbocycles. The summed E-state index contributed by atoms with van der Waals surface area (Å²) in [6.07, 6.45) is 23.6. The average molecular weight is 365 g/mol. The molecular weight excluding hydrogens is 328 g/mol. The second kappa shape index (κ2) is 17.0. The normalized spacial score (nSPS) is 16.2. The first-order valence-electron chi connectivity index (χ1n) is 10.1. The maximum absolute atomic E-state index is 11.7. The van der Waals surface area contributed by atoms with Crippen LogP contribution in [0.4, 0.5) is 0 Å². The molecule has 0 bridgehead atoms. The van der Waals surface area contributed by atoms with Gasteiger partial charge in [-0.05, 0) is 44.9 Å². The highest BCUT2D eigenvalue weighted by Crippen LogP contribution is 2.07. The van der Waals surface area contributed by atoms with Crippen molar-refractivity contribution in [1.82, 2.24) is 0 Å². The van der Waals surface area contributed by atoms with Gasteiger partial charge in [-0.2, -0.15) is 0 Å². The van der Waals surface area contributed by atoms with Gasteiger partial charge in [0.1, 0.15) is 12.9 Å². The van der Waals surface area contributed by atoms with E-state index in [9.17, 15) is 4.79 Å². The van der Waals surface area contributed by atoms with Gasteiger partial charge in [-0.15, -0.1) is 0 Å². The Kier molecular flexibility index (Phi) is 14.8. The zero-order valence-electron chi connectivity index (χ0n) is 16.4. The van der Waals surface area contributed by atoms with E-state index in [1.807, 2.05) is 0 Å². The number of rotatable bonds is 14. The van der Waals surface area contributed by atoms with Gasteiger partial charge in [-0.3, -0.25) is 4.79 Å². The highest BCUT2D eigenvalue weighted by Gasteiger charge is 2.18. The minimum atomic E-state index is -0.242. The molecule has 1 heterocycles. The molecular formula is C22H36O4. The summed E-state index contributed by atoms with van der Waals surface area (Å²) in [7, 11) is 0. The number of carbonyl (C=O) groups excluding carboxylic acids is 1. The third-order valence-corrected chi connectivity index (χ3v) is 4.09. The van der Waals surface area contributed by atoms with Crippen molar-refractivity contribution in [1.29, 1.82) is 0 Å². The highest BCUT2D eigenvalue weighted by molar-refractivity contribution is 5.69. The molecule has 0 amide bonds. The lowest BCUT2D eigenvalue weighted by molar-refractivity contribution is -0.183. The molecule has 0 aromatic carbocycles. The van der Waals surface area contributed by atoms with Gasteiger partial charge >= 0.3 is 5.97 Å². The van der Waals surface area contributed by atoms with E-state index >= 15 is 0 Å². The van der Waals surface area contributed by atoms with E-state index in [2.05, 4.69) is 43.4 Å². The number of hydrogen-bond donors (Lipinski definition) is 0. The first kappa shape index (κ1) is 22.7. The van der Waals surface area contributed by atoms with Gasteiger partial charge < -0.3 is 14.2 Å². The summed E-state index contributed by atoms with van der Waals surface area (Å²) in [5.41, 5.74) is 0. The number of unbranched alkanes of at least 4 members (excludes halogenated alkanes) is 5. The molecule has 4 nitrogen and oxygen atoms in total. The Labute approximate surface area is 159 Å². The second-order valence-corrected chi connectivity index (χ2v) is 6.60. The fourth-order valence-corrected chi connectivity index (χ4v) is 2.60. The van der Waals surface area contributed by atoms with Gasteiger partial charge in [-0.25, -0.2) is 0 Å². The van der Waals surface area contributed by atoms with Gasteiger partial charge in [0.15, 0.2) is 0 Å². The number of ether oxygens (including phenoxy) is 3. The summed E-state index contributed by atoms with van der Waals surface area (Å²) in [5.74, 6) is -0.154. The Morgan fingerprint density at radius 2 is 1.46 bits per heavy atom. The van der Waals surface area contributed by atoms with Gasteiger partial charge in [0.25, 0.3) is 0 Å². The van der Waals surface area contributed by atoms with E-state index in [1.54, 1.807) is 0 Å². The molecule has 0 N–H and O–H groups in total. The molecule has 0 aromatic rings. The van der Waals surface area contributed by atoms with Crippen LogP contribution < -0.4 is 0 Å². The van der Waals surface area contributed by atoms with Crippen molar-refractivity contribution in [2.75, 3.05) is 20.0 Å².